The van der Waals surface area contributed by atoms with E-state index in [-0.39, 0.29) is 11.7 Å². The normalized spacial score (nSPS) is 11.7. The van der Waals surface area contributed by atoms with Crippen LogP contribution in [0.1, 0.15) is 25.2 Å². The highest BCUT2D eigenvalue weighted by Gasteiger charge is 2.14. The second-order valence-corrected chi connectivity index (χ2v) is 5.59. The van der Waals surface area contributed by atoms with Gasteiger partial charge in [-0.25, -0.2) is 4.39 Å². The van der Waals surface area contributed by atoms with E-state index < -0.39 is 0 Å². The van der Waals surface area contributed by atoms with Gasteiger partial charge in [0.25, 0.3) is 0 Å². The van der Waals surface area contributed by atoms with Crippen LogP contribution in [0.2, 0.25) is 0 Å². The summed E-state index contributed by atoms with van der Waals surface area (Å²) >= 11 is 0. The Kier molecular flexibility index (Phi) is 4.46. The van der Waals surface area contributed by atoms with Crippen molar-refractivity contribution in [2.24, 2.45) is 5.92 Å². The summed E-state index contributed by atoms with van der Waals surface area (Å²) in [4.78, 5) is 13.6. The summed E-state index contributed by atoms with van der Waals surface area (Å²) in [5, 5.41) is 0.753. The Balaban J connectivity index is 2.20. The molecule has 21 heavy (non-hydrogen) atoms. The zero-order valence-corrected chi connectivity index (χ0v) is 12.8. The first-order chi connectivity index (χ1) is 9.88. The number of nitrogens with zero attached hydrogens (tertiary/aromatic N) is 1. The first kappa shape index (κ1) is 15.3. The van der Waals surface area contributed by atoms with Crippen molar-refractivity contribution in [1.82, 2.24) is 4.90 Å². The lowest BCUT2D eigenvalue weighted by atomic mass is 10.1. The Labute approximate surface area is 124 Å². The maximum atomic E-state index is 13.3. The molecule has 0 bridgehead atoms. The van der Waals surface area contributed by atoms with Gasteiger partial charge < -0.3 is 9.32 Å². The largest absolute Gasteiger partial charge is 0.459 e. The Morgan fingerprint density at radius 2 is 2.14 bits per heavy atom. The summed E-state index contributed by atoms with van der Waals surface area (Å²) in [6.07, 6.45) is 3.43. The van der Waals surface area contributed by atoms with E-state index in [0.717, 1.165) is 10.9 Å². The van der Waals surface area contributed by atoms with Gasteiger partial charge in [0.2, 0.25) is 5.91 Å². The van der Waals surface area contributed by atoms with Crippen LogP contribution in [0.3, 0.4) is 0 Å². The van der Waals surface area contributed by atoms with Gasteiger partial charge in [0.05, 0.1) is 6.54 Å². The summed E-state index contributed by atoms with van der Waals surface area (Å²) in [5.41, 5.74) is 1.51. The fourth-order valence-corrected chi connectivity index (χ4v) is 2.09. The van der Waals surface area contributed by atoms with Gasteiger partial charge in [-0.2, -0.15) is 0 Å². The summed E-state index contributed by atoms with van der Waals surface area (Å²) in [6, 6.07) is 4.44. The number of allylic oxidation sites excluding steroid dienone is 1. The summed E-state index contributed by atoms with van der Waals surface area (Å²) in [6.45, 7) is 6.27. The smallest absolute Gasteiger partial charge is 0.246 e. The van der Waals surface area contributed by atoms with Crippen LogP contribution in [0.15, 0.2) is 34.8 Å². The molecule has 112 valence electrons. The van der Waals surface area contributed by atoms with E-state index in [1.807, 2.05) is 26.8 Å². The van der Waals surface area contributed by atoms with Crippen LogP contribution in [-0.2, 0) is 11.3 Å². The standard InChI is InChI=1S/C17H20FNO2/c1-11(2)5-8-17(20)19(4)10-16-12(3)14-9-13(18)6-7-15(14)21-16/h5-9,11H,10H2,1-4H3/b8-5+. The second kappa shape index (κ2) is 6.12. The number of benzene rings is 1. The molecule has 0 N–H and O–H groups in total. The summed E-state index contributed by atoms with van der Waals surface area (Å²) in [7, 11) is 1.72. The van der Waals surface area contributed by atoms with Crippen molar-refractivity contribution >= 4 is 16.9 Å². The van der Waals surface area contributed by atoms with Gasteiger partial charge in [-0.1, -0.05) is 19.9 Å². The maximum absolute atomic E-state index is 13.3. The number of hydrogen-bond acceptors (Lipinski definition) is 2. The molecule has 2 aromatic rings. The molecule has 3 nitrogen and oxygen atoms in total. The summed E-state index contributed by atoms with van der Waals surface area (Å²) < 4.78 is 19.0. The number of halogens is 1. The lowest BCUT2D eigenvalue weighted by Crippen LogP contribution is -2.24. The SMILES string of the molecule is Cc1c(CN(C)C(=O)/C=C/C(C)C)oc2ccc(F)cc12. The predicted molar refractivity (Wildman–Crippen MR) is 81.4 cm³/mol. The lowest BCUT2D eigenvalue weighted by Gasteiger charge is -2.14. The van der Waals surface area contributed by atoms with Crippen LogP contribution in [-0.4, -0.2) is 17.9 Å². The molecule has 0 saturated heterocycles. The molecular formula is C17H20FNO2. The number of amides is 1. The molecule has 1 aromatic carbocycles. The third-order valence-corrected chi connectivity index (χ3v) is 3.38. The van der Waals surface area contributed by atoms with Crippen LogP contribution in [0.4, 0.5) is 4.39 Å². The monoisotopic (exact) mass is 289 g/mol. The van der Waals surface area contributed by atoms with Gasteiger partial charge in [-0.15, -0.1) is 0 Å². The van der Waals surface area contributed by atoms with Gasteiger partial charge in [0, 0.05) is 18.0 Å². The molecule has 0 aliphatic rings. The molecule has 4 heteroatoms. The average Bonchev–Trinajstić information content (AvgIpc) is 2.73. The van der Waals surface area contributed by atoms with E-state index in [4.69, 9.17) is 4.42 Å². The fourth-order valence-electron chi connectivity index (χ4n) is 2.09. The highest BCUT2D eigenvalue weighted by atomic mass is 19.1. The molecule has 0 fully saturated rings. The minimum Gasteiger partial charge on any atom is -0.459 e. The Bertz CT molecular complexity index is 685. The van der Waals surface area contributed by atoms with Gasteiger partial charge in [-0.05, 0) is 37.1 Å². The molecule has 0 spiro atoms. The molecule has 0 saturated carbocycles. The Hall–Kier alpha value is -2.10. The van der Waals surface area contributed by atoms with Crippen LogP contribution in [0, 0.1) is 18.7 Å². The number of hydrogen-bond donors (Lipinski definition) is 0. The van der Waals surface area contributed by atoms with Crippen molar-refractivity contribution in [1.29, 1.82) is 0 Å². The van der Waals surface area contributed by atoms with E-state index in [1.54, 1.807) is 24.1 Å². The van der Waals surface area contributed by atoms with Crippen LogP contribution < -0.4 is 0 Å². The van der Waals surface area contributed by atoms with E-state index in [0.29, 0.717) is 23.8 Å². The van der Waals surface area contributed by atoms with Gasteiger partial charge in [0.15, 0.2) is 0 Å². The lowest BCUT2D eigenvalue weighted by molar-refractivity contribution is -0.125. The van der Waals surface area contributed by atoms with E-state index >= 15 is 0 Å². The van der Waals surface area contributed by atoms with Crippen molar-refractivity contribution in [3.05, 3.63) is 47.5 Å². The predicted octanol–water partition coefficient (Wildman–Crippen LogP) is 4.05. The van der Waals surface area contributed by atoms with E-state index in [1.165, 1.54) is 12.1 Å². The Morgan fingerprint density at radius 1 is 1.43 bits per heavy atom. The first-order valence-corrected chi connectivity index (χ1v) is 6.99. The van der Waals surface area contributed by atoms with Crippen LogP contribution >= 0.6 is 0 Å². The number of rotatable bonds is 4. The number of carbonyl (C=O) groups is 1. The van der Waals surface area contributed by atoms with E-state index in [2.05, 4.69) is 0 Å². The van der Waals surface area contributed by atoms with Crippen molar-refractivity contribution in [2.45, 2.75) is 27.3 Å². The van der Waals surface area contributed by atoms with Crippen molar-refractivity contribution in [3.63, 3.8) is 0 Å². The molecule has 0 unspecified atom stereocenters. The molecule has 1 heterocycles. The van der Waals surface area contributed by atoms with Crippen LogP contribution in [0.25, 0.3) is 11.0 Å². The van der Waals surface area contributed by atoms with Crippen molar-refractivity contribution < 1.29 is 13.6 Å². The number of likely N-dealkylation sites (N-methyl/N-ethyl adjacent to an activating group) is 1. The summed E-state index contributed by atoms with van der Waals surface area (Å²) in [5.74, 6) is 0.652. The maximum Gasteiger partial charge on any atom is 0.246 e. The van der Waals surface area contributed by atoms with Crippen LogP contribution in [0.5, 0.6) is 0 Å². The molecule has 1 aromatic heterocycles. The Morgan fingerprint density at radius 3 is 2.81 bits per heavy atom. The third kappa shape index (κ3) is 3.51. The first-order valence-electron chi connectivity index (χ1n) is 6.99. The number of furan rings is 1. The zero-order chi connectivity index (χ0) is 15.6. The molecule has 2 rings (SSSR count). The quantitative estimate of drug-likeness (QED) is 0.796. The van der Waals surface area contributed by atoms with Crippen molar-refractivity contribution in [2.75, 3.05) is 7.05 Å². The number of aryl methyl sites for hydroxylation is 1. The van der Waals surface area contributed by atoms with Gasteiger partial charge in [-0.3, -0.25) is 4.79 Å². The third-order valence-electron chi connectivity index (χ3n) is 3.38. The average molecular weight is 289 g/mol. The zero-order valence-electron chi connectivity index (χ0n) is 12.8. The molecule has 0 aliphatic heterocycles. The minimum atomic E-state index is -0.290. The highest BCUT2D eigenvalue weighted by Crippen LogP contribution is 2.26. The van der Waals surface area contributed by atoms with Crippen molar-refractivity contribution in [3.8, 4) is 0 Å². The van der Waals surface area contributed by atoms with E-state index in [9.17, 15) is 9.18 Å². The topological polar surface area (TPSA) is 33.5 Å². The molecule has 0 aliphatic carbocycles. The highest BCUT2D eigenvalue weighted by molar-refractivity contribution is 5.87. The number of fused-ring (bicyclic) bond motifs is 1. The minimum absolute atomic E-state index is 0.0743. The molecule has 1 amide bonds. The second-order valence-electron chi connectivity index (χ2n) is 5.59. The molecular weight excluding hydrogens is 269 g/mol. The molecule has 0 atom stereocenters. The van der Waals surface area contributed by atoms with Gasteiger partial charge in [0.1, 0.15) is 17.2 Å². The fraction of sp³-hybridized carbons (Fsp3) is 0.353. The number of carbonyl (C=O) groups excluding carboxylic acids is 1. The van der Waals surface area contributed by atoms with Gasteiger partial charge >= 0.3 is 0 Å². The molecule has 0 radical (unpaired) electrons.